The van der Waals surface area contributed by atoms with Crippen LogP contribution in [0.1, 0.15) is 38.5 Å². The lowest BCUT2D eigenvalue weighted by atomic mass is 9.65. The first-order valence-electron chi connectivity index (χ1n) is 5.54. The summed E-state index contributed by atoms with van der Waals surface area (Å²) in [4.78, 5) is 22.2. The Balaban J connectivity index is 2.21. The molecule has 1 spiro atoms. The number of nitro groups is 1. The summed E-state index contributed by atoms with van der Waals surface area (Å²) >= 11 is 0. The van der Waals surface area contributed by atoms with Gasteiger partial charge < -0.3 is 5.32 Å². The third kappa shape index (κ3) is 1.82. The van der Waals surface area contributed by atoms with Crippen LogP contribution in [0, 0.1) is 15.5 Å². The van der Waals surface area contributed by atoms with E-state index in [0.29, 0.717) is 6.42 Å². The van der Waals surface area contributed by atoms with Crippen LogP contribution in [0.2, 0.25) is 0 Å². The van der Waals surface area contributed by atoms with Crippen molar-refractivity contribution in [1.82, 2.24) is 5.32 Å². The Morgan fingerprint density at radius 3 is 2.60 bits per heavy atom. The second-order valence-corrected chi connectivity index (χ2v) is 4.71. The summed E-state index contributed by atoms with van der Waals surface area (Å²) in [5, 5.41) is 13.6. The zero-order chi connectivity index (χ0) is 10.9. The first kappa shape index (κ1) is 10.4. The number of hydrogen-bond acceptors (Lipinski definition) is 3. The molecule has 2 fully saturated rings. The Kier molecular flexibility index (Phi) is 2.63. The van der Waals surface area contributed by atoms with E-state index in [2.05, 4.69) is 5.32 Å². The highest BCUT2D eigenvalue weighted by molar-refractivity contribution is 5.77. The molecule has 1 heterocycles. The highest BCUT2D eigenvalue weighted by atomic mass is 16.6. The molecule has 84 valence electrons. The highest BCUT2D eigenvalue weighted by Crippen LogP contribution is 2.44. The third-order valence-electron chi connectivity index (χ3n) is 3.82. The highest BCUT2D eigenvalue weighted by Gasteiger charge is 2.51. The summed E-state index contributed by atoms with van der Waals surface area (Å²) in [6.45, 7) is 0.214. The van der Waals surface area contributed by atoms with Crippen molar-refractivity contribution in [3.05, 3.63) is 10.1 Å². The van der Waals surface area contributed by atoms with Crippen LogP contribution in [0.15, 0.2) is 0 Å². The maximum Gasteiger partial charge on any atom is 0.236 e. The normalized spacial score (nSPS) is 29.9. The van der Waals surface area contributed by atoms with Crippen LogP contribution in [-0.2, 0) is 4.79 Å². The number of nitrogens with zero attached hydrogens (tertiary/aromatic N) is 1. The zero-order valence-electron chi connectivity index (χ0n) is 8.70. The number of carbonyl (C=O) groups is 1. The molecular formula is C10H16N2O3. The van der Waals surface area contributed by atoms with Crippen molar-refractivity contribution in [3.8, 4) is 0 Å². The first-order valence-corrected chi connectivity index (χ1v) is 5.54. The quantitative estimate of drug-likeness (QED) is 0.522. The number of carbonyl (C=O) groups excluding carboxylic acids is 1. The van der Waals surface area contributed by atoms with Gasteiger partial charge in [-0.05, 0) is 12.8 Å². The molecule has 1 saturated heterocycles. The molecule has 0 radical (unpaired) electrons. The molecule has 5 nitrogen and oxygen atoms in total. The Bertz CT molecular complexity index is 284. The molecule has 2 aliphatic rings. The SMILES string of the molecule is O=C1CC2(CCCCC2)C([N+](=O)[O-])CN1. The number of hydrogen-bond donors (Lipinski definition) is 1. The summed E-state index contributed by atoms with van der Waals surface area (Å²) < 4.78 is 0. The van der Waals surface area contributed by atoms with Crippen LogP contribution in [0.5, 0.6) is 0 Å². The van der Waals surface area contributed by atoms with Gasteiger partial charge in [-0.3, -0.25) is 14.9 Å². The van der Waals surface area contributed by atoms with Gasteiger partial charge in [0.05, 0.1) is 6.54 Å². The minimum atomic E-state index is -0.574. The minimum Gasteiger partial charge on any atom is -0.349 e. The lowest BCUT2D eigenvalue weighted by Crippen LogP contribution is -2.55. The van der Waals surface area contributed by atoms with Gasteiger partial charge in [-0.25, -0.2) is 0 Å². The predicted octanol–water partition coefficient (Wildman–Crippen LogP) is 1.10. The second kappa shape index (κ2) is 3.79. The van der Waals surface area contributed by atoms with Crippen LogP contribution in [0.25, 0.3) is 0 Å². The Labute approximate surface area is 88.4 Å². The van der Waals surface area contributed by atoms with Crippen molar-refractivity contribution < 1.29 is 9.72 Å². The van der Waals surface area contributed by atoms with Crippen LogP contribution in [0.4, 0.5) is 0 Å². The fraction of sp³-hybridized carbons (Fsp3) is 0.900. The van der Waals surface area contributed by atoms with E-state index in [1.807, 2.05) is 0 Å². The van der Waals surface area contributed by atoms with E-state index in [-0.39, 0.29) is 22.8 Å². The van der Waals surface area contributed by atoms with Gasteiger partial charge in [0.15, 0.2) is 0 Å². The molecule has 15 heavy (non-hydrogen) atoms. The summed E-state index contributed by atoms with van der Waals surface area (Å²) in [5.74, 6) is -0.0185. The average molecular weight is 212 g/mol. The molecule has 0 bridgehead atoms. The van der Waals surface area contributed by atoms with E-state index in [0.717, 1.165) is 32.1 Å². The lowest BCUT2D eigenvalue weighted by Gasteiger charge is -2.41. The fourth-order valence-corrected chi connectivity index (χ4v) is 2.99. The standard InChI is InChI=1S/C10H16N2O3/c13-9-6-10(4-2-1-3-5-10)8(7-11-9)12(14)15/h8H,1-7H2,(H,11,13). The van der Waals surface area contributed by atoms with E-state index in [1.165, 1.54) is 0 Å². The molecule has 0 aromatic heterocycles. The number of rotatable bonds is 1. The molecule has 1 atom stereocenters. The van der Waals surface area contributed by atoms with Crippen molar-refractivity contribution in [2.24, 2.45) is 5.41 Å². The van der Waals surface area contributed by atoms with Crippen molar-refractivity contribution in [3.63, 3.8) is 0 Å². The minimum absolute atomic E-state index is 0.0185. The van der Waals surface area contributed by atoms with Gasteiger partial charge in [0.25, 0.3) is 0 Å². The molecule has 0 aromatic carbocycles. The van der Waals surface area contributed by atoms with E-state index < -0.39 is 6.04 Å². The summed E-state index contributed by atoms with van der Waals surface area (Å²) in [5.41, 5.74) is -0.343. The number of nitrogens with one attached hydrogen (secondary N) is 1. The Hall–Kier alpha value is -1.13. The van der Waals surface area contributed by atoms with E-state index in [4.69, 9.17) is 0 Å². The lowest BCUT2D eigenvalue weighted by molar-refractivity contribution is -0.543. The summed E-state index contributed by atoms with van der Waals surface area (Å²) in [6, 6.07) is -0.574. The largest absolute Gasteiger partial charge is 0.349 e. The van der Waals surface area contributed by atoms with Crippen molar-refractivity contribution in [1.29, 1.82) is 0 Å². The van der Waals surface area contributed by atoms with Gasteiger partial charge in [-0.2, -0.15) is 0 Å². The van der Waals surface area contributed by atoms with Crippen LogP contribution >= 0.6 is 0 Å². The fourth-order valence-electron chi connectivity index (χ4n) is 2.99. The third-order valence-corrected chi connectivity index (χ3v) is 3.82. The van der Waals surface area contributed by atoms with Crippen molar-refractivity contribution in [2.45, 2.75) is 44.6 Å². The predicted molar refractivity (Wildman–Crippen MR) is 53.9 cm³/mol. The molecule has 2 rings (SSSR count). The molecule has 1 aliphatic heterocycles. The van der Waals surface area contributed by atoms with Gasteiger partial charge in [0.2, 0.25) is 11.9 Å². The molecule has 1 saturated carbocycles. The van der Waals surface area contributed by atoms with Gasteiger partial charge in [0.1, 0.15) is 0 Å². The van der Waals surface area contributed by atoms with Crippen LogP contribution in [-0.4, -0.2) is 23.4 Å². The molecule has 5 heteroatoms. The first-order chi connectivity index (χ1) is 7.14. The molecular weight excluding hydrogens is 196 g/mol. The molecule has 1 unspecified atom stereocenters. The van der Waals surface area contributed by atoms with Gasteiger partial charge in [-0.15, -0.1) is 0 Å². The molecule has 1 amide bonds. The smallest absolute Gasteiger partial charge is 0.236 e. The Morgan fingerprint density at radius 2 is 2.00 bits per heavy atom. The van der Waals surface area contributed by atoms with Crippen molar-refractivity contribution >= 4 is 5.91 Å². The average Bonchev–Trinajstić information content (AvgIpc) is 2.18. The molecule has 0 aromatic rings. The summed E-state index contributed by atoms with van der Waals surface area (Å²) in [7, 11) is 0. The second-order valence-electron chi connectivity index (χ2n) is 4.71. The zero-order valence-corrected chi connectivity index (χ0v) is 8.70. The van der Waals surface area contributed by atoms with Crippen LogP contribution < -0.4 is 5.32 Å². The monoisotopic (exact) mass is 212 g/mol. The maximum atomic E-state index is 11.4. The maximum absolute atomic E-state index is 11.4. The van der Waals surface area contributed by atoms with E-state index in [1.54, 1.807) is 0 Å². The topological polar surface area (TPSA) is 72.2 Å². The molecule has 1 aliphatic carbocycles. The van der Waals surface area contributed by atoms with Crippen LogP contribution in [0.3, 0.4) is 0 Å². The van der Waals surface area contributed by atoms with E-state index >= 15 is 0 Å². The van der Waals surface area contributed by atoms with Gasteiger partial charge >= 0.3 is 0 Å². The summed E-state index contributed by atoms with van der Waals surface area (Å²) in [6.07, 6.45) is 5.22. The number of piperidine rings is 1. The number of amides is 1. The Morgan fingerprint density at radius 1 is 1.33 bits per heavy atom. The van der Waals surface area contributed by atoms with Gasteiger partial charge in [-0.1, -0.05) is 19.3 Å². The van der Waals surface area contributed by atoms with Gasteiger partial charge in [0, 0.05) is 16.8 Å². The van der Waals surface area contributed by atoms with E-state index in [9.17, 15) is 14.9 Å². The molecule has 1 N–H and O–H groups in total. The van der Waals surface area contributed by atoms with Crippen molar-refractivity contribution in [2.75, 3.05) is 6.54 Å².